The van der Waals surface area contributed by atoms with E-state index >= 15 is 0 Å². The first kappa shape index (κ1) is 18.1. The van der Waals surface area contributed by atoms with Gasteiger partial charge in [-0.15, -0.1) is 0 Å². The number of ether oxygens (including phenoxy) is 1. The minimum Gasteiger partial charge on any atom is -0.459 e. The summed E-state index contributed by atoms with van der Waals surface area (Å²) < 4.78 is 11.9. The Morgan fingerprint density at radius 1 is 1.29 bits per heavy atom. The van der Waals surface area contributed by atoms with Crippen LogP contribution in [0.15, 0.2) is 50.4 Å². The number of esters is 1. The first-order valence-electron chi connectivity index (χ1n) is 8.59. The van der Waals surface area contributed by atoms with Gasteiger partial charge >= 0.3 is 5.97 Å². The van der Waals surface area contributed by atoms with Crippen molar-refractivity contribution >= 4 is 23.0 Å². The van der Waals surface area contributed by atoms with Gasteiger partial charge in [-0.2, -0.15) is 16.3 Å². The van der Waals surface area contributed by atoms with Crippen LogP contribution >= 0.6 is 11.3 Å². The lowest BCUT2D eigenvalue weighted by atomic mass is 10.3. The van der Waals surface area contributed by atoms with E-state index in [2.05, 4.69) is 15.1 Å². The molecular weight excluding hydrogens is 380 g/mol. The van der Waals surface area contributed by atoms with Gasteiger partial charge in [-0.25, -0.2) is 4.98 Å². The van der Waals surface area contributed by atoms with E-state index in [1.165, 1.54) is 10.5 Å². The molecule has 0 fully saturated rings. The van der Waals surface area contributed by atoms with E-state index in [4.69, 9.17) is 9.26 Å². The number of pyridine rings is 1. The van der Waals surface area contributed by atoms with Crippen molar-refractivity contribution in [3.05, 3.63) is 68.7 Å². The van der Waals surface area contributed by atoms with Gasteiger partial charge in [-0.3, -0.25) is 14.0 Å². The van der Waals surface area contributed by atoms with Crippen LogP contribution in [0.2, 0.25) is 0 Å². The van der Waals surface area contributed by atoms with E-state index in [0.717, 1.165) is 11.3 Å². The Hall–Kier alpha value is -3.33. The highest BCUT2D eigenvalue weighted by Crippen LogP contribution is 2.19. The molecule has 0 saturated heterocycles. The molecule has 0 aliphatic heterocycles. The fourth-order valence-electron chi connectivity index (χ4n) is 2.74. The van der Waals surface area contributed by atoms with E-state index in [0.29, 0.717) is 23.1 Å². The van der Waals surface area contributed by atoms with Crippen molar-refractivity contribution in [2.45, 2.75) is 26.4 Å². The quantitative estimate of drug-likeness (QED) is 0.462. The molecule has 28 heavy (non-hydrogen) atoms. The Bertz CT molecular complexity index is 1180. The lowest BCUT2D eigenvalue weighted by Gasteiger charge is -2.07. The minimum absolute atomic E-state index is 0.0670. The van der Waals surface area contributed by atoms with Crippen molar-refractivity contribution in [3.8, 4) is 11.4 Å². The van der Waals surface area contributed by atoms with Gasteiger partial charge in [0.25, 0.3) is 5.56 Å². The zero-order valence-electron chi connectivity index (χ0n) is 15.0. The van der Waals surface area contributed by atoms with E-state index in [-0.39, 0.29) is 25.0 Å². The predicted molar refractivity (Wildman–Crippen MR) is 102 cm³/mol. The summed E-state index contributed by atoms with van der Waals surface area (Å²) in [5, 5.41) is 7.74. The van der Waals surface area contributed by atoms with Crippen LogP contribution in [0.3, 0.4) is 0 Å². The molecule has 8 nitrogen and oxygen atoms in total. The van der Waals surface area contributed by atoms with Crippen LogP contribution in [0.5, 0.6) is 0 Å². The molecule has 4 rings (SSSR count). The number of carbonyl (C=O) groups excluding carboxylic acids is 1. The van der Waals surface area contributed by atoms with E-state index in [1.807, 2.05) is 35.9 Å². The average molecular weight is 396 g/mol. The number of hydrogen-bond donors (Lipinski definition) is 0. The summed E-state index contributed by atoms with van der Waals surface area (Å²) in [5.41, 5.74) is 2.39. The topological polar surface area (TPSA) is 99.6 Å². The van der Waals surface area contributed by atoms with Gasteiger partial charge in [0.2, 0.25) is 11.7 Å². The van der Waals surface area contributed by atoms with Gasteiger partial charge in [0.15, 0.2) is 0 Å². The predicted octanol–water partition coefficient (Wildman–Crippen LogP) is 2.79. The Balaban J connectivity index is 1.35. The van der Waals surface area contributed by atoms with Crippen molar-refractivity contribution in [2.75, 3.05) is 0 Å². The zero-order valence-corrected chi connectivity index (χ0v) is 15.8. The number of thiophene rings is 1. The smallest absolute Gasteiger partial charge is 0.306 e. The average Bonchev–Trinajstić information content (AvgIpc) is 3.36. The molecular formula is C19H16N4O4S. The zero-order chi connectivity index (χ0) is 19.5. The summed E-state index contributed by atoms with van der Waals surface area (Å²) in [4.78, 5) is 32.9. The number of carbonyl (C=O) groups is 1. The standard InChI is InChI=1S/C19H16N4O4S/c1-12-3-2-4-15-20-14(9-17(24)23(12)15)10-26-18(25)6-5-16-21-19(22-27-16)13-7-8-28-11-13/h2-4,7-9,11H,5-6,10H2,1H3. The number of rotatable bonds is 6. The van der Waals surface area contributed by atoms with Crippen molar-refractivity contribution < 1.29 is 14.1 Å². The molecule has 0 unspecified atom stereocenters. The van der Waals surface area contributed by atoms with Gasteiger partial charge in [-0.1, -0.05) is 11.2 Å². The van der Waals surface area contributed by atoms with Crippen LogP contribution in [-0.4, -0.2) is 25.5 Å². The molecule has 4 aromatic heterocycles. The Labute approximate surface area is 163 Å². The second-order valence-electron chi connectivity index (χ2n) is 6.13. The molecule has 142 valence electrons. The van der Waals surface area contributed by atoms with E-state index in [9.17, 15) is 9.59 Å². The molecule has 0 radical (unpaired) electrons. The van der Waals surface area contributed by atoms with E-state index in [1.54, 1.807) is 17.4 Å². The lowest BCUT2D eigenvalue weighted by Crippen LogP contribution is -2.18. The van der Waals surface area contributed by atoms with Gasteiger partial charge < -0.3 is 9.26 Å². The molecule has 9 heteroatoms. The highest BCUT2D eigenvalue weighted by atomic mass is 32.1. The van der Waals surface area contributed by atoms with Crippen LogP contribution in [0.1, 0.15) is 23.7 Å². The third-order valence-electron chi connectivity index (χ3n) is 4.10. The van der Waals surface area contributed by atoms with Crippen LogP contribution in [0.4, 0.5) is 0 Å². The Morgan fingerprint density at radius 3 is 3.00 bits per heavy atom. The summed E-state index contributed by atoms with van der Waals surface area (Å²) in [6.07, 6.45) is 0.375. The molecule has 0 aromatic carbocycles. The molecule has 0 saturated carbocycles. The molecule has 0 atom stereocenters. The van der Waals surface area contributed by atoms with Gasteiger partial charge in [0, 0.05) is 29.1 Å². The van der Waals surface area contributed by atoms with Gasteiger partial charge in [0.1, 0.15) is 12.3 Å². The Morgan fingerprint density at radius 2 is 2.18 bits per heavy atom. The highest BCUT2D eigenvalue weighted by molar-refractivity contribution is 7.08. The van der Waals surface area contributed by atoms with Crippen molar-refractivity contribution in [2.24, 2.45) is 0 Å². The lowest BCUT2D eigenvalue weighted by molar-refractivity contribution is -0.145. The molecule has 0 aliphatic carbocycles. The summed E-state index contributed by atoms with van der Waals surface area (Å²) in [7, 11) is 0. The molecule has 0 aliphatic rings. The summed E-state index contributed by atoms with van der Waals surface area (Å²) in [5.74, 6) is 0.443. The van der Waals surface area contributed by atoms with Crippen molar-refractivity contribution in [1.82, 2.24) is 19.5 Å². The molecule has 0 N–H and O–H groups in total. The first-order chi connectivity index (χ1) is 13.6. The summed E-state index contributed by atoms with van der Waals surface area (Å²) in [6, 6.07) is 8.66. The van der Waals surface area contributed by atoms with E-state index < -0.39 is 5.97 Å². The highest BCUT2D eigenvalue weighted by Gasteiger charge is 2.12. The molecule has 4 heterocycles. The van der Waals surface area contributed by atoms with Gasteiger partial charge in [0.05, 0.1) is 12.1 Å². The first-order valence-corrected chi connectivity index (χ1v) is 9.53. The minimum atomic E-state index is -0.429. The maximum absolute atomic E-state index is 12.2. The number of aryl methyl sites for hydroxylation is 2. The normalized spacial score (nSPS) is 11.0. The second kappa shape index (κ2) is 7.73. The Kier molecular flexibility index (Phi) is 4.98. The number of fused-ring (bicyclic) bond motifs is 1. The third kappa shape index (κ3) is 3.84. The van der Waals surface area contributed by atoms with Gasteiger partial charge in [-0.05, 0) is 30.5 Å². The number of hydrogen-bond acceptors (Lipinski definition) is 8. The van der Waals surface area contributed by atoms with Crippen LogP contribution in [0, 0.1) is 6.92 Å². The van der Waals surface area contributed by atoms with Crippen molar-refractivity contribution in [3.63, 3.8) is 0 Å². The molecule has 0 spiro atoms. The maximum atomic E-state index is 12.2. The largest absolute Gasteiger partial charge is 0.459 e. The SMILES string of the molecule is Cc1cccc2nc(COC(=O)CCc3nc(-c4ccsc4)no3)cc(=O)n12. The number of nitrogens with zero attached hydrogens (tertiary/aromatic N) is 4. The van der Waals surface area contributed by atoms with Crippen molar-refractivity contribution in [1.29, 1.82) is 0 Å². The maximum Gasteiger partial charge on any atom is 0.306 e. The van der Waals surface area contributed by atoms with Crippen LogP contribution in [-0.2, 0) is 22.6 Å². The third-order valence-corrected chi connectivity index (χ3v) is 4.79. The fourth-order valence-corrected chi connectivity index (χ4v) is 3.37. The second-order valence-corrected chi connectivity index (χ2v) is 6.91. The monoisotopic (exact) mass is 396 g/mol. The number of aromatic nitrogens is 4. The molecule has 4 aromatic rings. The fraction of sp³-hybridized carbons (Fsp3) is 0.211. The molecule has 0 bridgehead atoms. The summed E-state index contributed by atoms with van der Waals surface area (Å²) in [6.45, 7) is 1.76. The molecule has 0 amide bonds. The summed E-state index contributed by atoms with van der Waals surface area (Å²) >= 11 is 1.54. The van der Waals surface area contributed by atoms with Crippen LogP contribution in [0.25, 0.3) is 17.0 Å². The van der Waals surface area contributed by atoms with Crippen LogP contribution < -0.4 is 5.56 Å².